The number of quaternary nitrogens is 1. The van der Waals surface area contributed by atoms with Gasteiger partial charge < -0.3 is 27.9 Å². The number of phosphoric acid groups is 1. The number of likely N-dealkylation sites (N-methyl/N-ethyl adjacent to an activating group) is 1. The predicted octanol–water partition coefficient (Wildman–Crippen LogP) is 16.7. The van der Waals surface area contributed by atoms with Crippen molar-refractivity contribution in [3.8, 4) is 0 Å². The minimum Gasteiger partial charge on any atom is -0.756 e. The summed E-state index contributed by atoms with van der Waals surface area (Å²) in [7, 11) is 1.12. The number of nitrogens with zero attached hydrogens (tertiary/aromatic N) is 1. The van der Waals surface area contributed by atoms with E-state index < -0.39 is 32.5 Å². The second-order valence-electron chi connectivity index (χ2n) is 19.2. The molecule has 2 atom stereocenters. The van der Waals surface area contributed by atoms with Gasteiger partial charge >= 0.3 is 11.9 Å². The first-order chi connectivity index (χ1) is 35.0. The first-order valence-electron chi connectivity index (χ1n) is 27.9. The van der Waals surface area contributed by atoms with Crippen LogP contribution in [-0.2, 0) is 32.7 Å². The third-order valence-corrected chi connectivity index (χ3v) is 12.1. The lowest BCUT2D eigenvalue weighted by Crippen LogP contribution is -2.37. The second-order valence-corrected chi connectivity index (χ2v) is 20.6. The van der Waals surface area contributed by atoms with Crippen molar-refractivity contribution in [2.45, 2.75) is 200 Å². The molecule has 0 spiro atoms. The van der Waals surface area contributed by atoms with E-state index in [2.05, 4.69) is 148 Å². The minimum atomic E-state index is -4.65. The average molecular weight is 1020 g/mol. The fourth-order valence-corrected chi connectivity index (χ4v) is 7.62. The number of hydrogen-bond donors (Lipinski definition) is 0. The Kier molecular flexibility index (Phi) is 49.2. The molecule has 0 saturated heterocycles. The lowest BCUT2D eigenvalue weighted by molar-refractivity contribution is -0.870. The molecule has 0 bridgehead atoms. The molecular formula is C62H102NO8P. The number of unbranched alkanes of at least 4 members (excludes halogenated alkanes) is 13. The maximum atomic E-state index is 12.7. The number of carbonyl (C=O) groups excluding carboxylic acids is 2. The van der Waals surface area contributed by atoms with Crippen molar-refractivity contribution in [1.82, 2.24) is 0 Å². The maximum absolute atomic E-state index is 12.7. The van der Waals surface area contributed by atoms with Crippen LogP contribution in [0.3, 0.4) is 0 Å². The first kappa shape index (κ1) is 68.2. The number of allylic oxidation sites excluding steroid dienone is 22. The summed E-state index contributed by atoms with van der Waals surface area (Å²) in [6.07, 6.45) is 75.1. The van der Waals surface area contributed by atoms with Crippen molar-refractivity contribution in [1.29, 1.82) is 0 Å². The first-order valence-corrected chi connectivity index (χ1v) is 29.4. The van der Waals surface area contributed by atoms with Crippen LogP contribution >= 0.6 is 7.82 Å². The van der Waals surface area contributed by atoms with E-state index in [1.807, 2.05) is 21.1 Å². The molecular weight excluding hydrogens is 918 g/mol. The lowest BCUT2D eigenvalue weighted by Gasteiger charge is -2.28. The summed E-state index contributed by atoms with van der Waals surface area (Å²) in [6, 6.07) is 0. The van der Waals surface area contributed by atoms with Crippen molar-refractivity contribution in [2.75, 3.05) is 47.5 Å². The highest BCUT2D eigenvalue weighted by Gasteiger charge is 2.21. The van der Waals surface area contributed by atoms with Gasteiger partial charge in [0, 0.05) is 12.8 Å². The normalized spacial score (nSPS) is 14.4. The number of ether oxygens (including phenoxy) is 2. The molecule has 0 amide bonds. The smallest absolute Gasteiger partial charge is 0.306 e. The third kappa shape index (κ3) is 55.5. The zero-order chi connectivity index (χ0) is 52.7. The van der Waals surface area contributed by atoms with Gasteiger partial charge in [0.2, 0.25) is 0 Å². The lowest BCUT2D eigenvalue weighted by atomic mass is 10.1. The highest BCUT2D eigenvalue weighted by atomic mass is 31.2. The monoisotopic (exact) mass is 1020 g/mol. The van der Waals surface area contributed by atoms with Gasteiger partial charge in [-0.05, 0) is 96.3 Å². The third-order valence-electron chi connectivity index (χ3n) is 11.2. The molecule has 0 heterocycles. The van der Waals surface area contributed by atoms with Gasteiger partial charge in [-0.2, -0.15) is 0 Å². The molecule has 72 heavy (non-hydrogen) atoms. The molecule has 0 N–H and O–H groups in total. The highest BCUT2D eigenvalue weighted by Crippen LogP contribution is 2.38. The van der Waals surface area contributed by atoms with Crippen LogP contribution in [-0.4, -0.2) is 70.0 Å². The van der Waals surface area contributed by atoms with E-state index in [1.165, 1.54) is 51.4 Å². The van der Waals surface area contributed by atoms with Gasteiger partial charge in [-0.3, -0.25) is 14.2 Å². The van der Waals surface area contributed by atoms with Crippen molar-refractivity contribution < 1.29 is 42.1 Å². The molecule has 0 rings (SSSR count). The highest BCUT2D eigenvalue weighted by molar-refractivity contribution is 7.45. The van der Waals surface area contributed by atoms with Gasteiger partial charge in [-0.15, -0.1) is 0 Å². The number of phosphoric ester groups is 1. The van der Waals surface area contributed by atoms with E-state index in [-0.39, 0.29) is 26.1 Å². The molecule has 0 saturated carbocycles. The minimum absolute atomic E-state index is 0.0437. The summed E-state index contributed by atoms with van der Waals surface area (Å²) in [4.78, 5) is 37.7. The molecule has 408 valence electrons. The summed E-state index contributed by atoms with van der Waals surface area (Å²) < 4.78 is 34.0. The SMILES string of the molecule is CC/C=C\C/C=C\C/C=C\C/C=C\C/C=C\C/C=C\C/C=C\C/C=C\C/C=C\C/C=C\C/C=C\CCCCCC(=O)OC(COC(=O)CCCCCCCCCCCCC)COP(=O)([O-])OCC[N+](C)(C)C. The largest absolute Gasteiger partial charge is 0.756 e. The average Bonchev–Trinajstić information content (AvgIpc) is 3.34. The fourth-order valence-electron chi connectivity index (χ4n) is 6.89. The summed E-state index contributed by atoms with van der Waals surface area (Å²) in [5, 5.41) is 0. The van der Waals surface area contributed by atoms with Gasteiger partial charge in [0.15, 0.2) is 6.10 Å². The summed E-state index contributed by atoms with van der Waals surface area (Å²) in [5.74, 6) is -0.882. The van der Waals surface area contributed by atoms with E-state index in [9.17, 15) is 19.0 Å². The molecule has 0 aliphatic rings. The standard InChI is InChI=1S/C62H102NO8P/c1-6-8-10-12-14-16-18-19-20-21-22-23-24-25-26-27-28-29-30-31-32-33-34-35-36-37-38-39-40-41-42-43-45-47-49-51-53-55-62(65)71-60(59-70-72(66,67)69-57-56-63(3,4)5)58-68-61(64)54-52-50-48-46-44-17-15-13-11-9-7-2/h8,10,14,16,19-20,22-23,25-26,28-29,31-32,34-35,37-38,40-41,43,45,60H,6-7,9,11-13,15,17-18,21,24,27,30,33,36,39,42,44,46-59H2,1-5H3/b10-8-,16-14-,20-19-,23-22-,26-25-,29-28-,32-31-,35-34-,38-37-,41-40-,45-43-. The van der Waals surface area contributed by atoms with Gasteiger partial charge in [0.25, 0.3) is 7.82 Å². The molecule has 10 heteroatoms. The van der Waals surface area contributed by atoms with Crippen LogP contribution in [0.25, 0.3) is 0 Å². The molecule has 0 fully saturated rings. The Hall–Kier alpha value is -3.85. The second kappa shape index (κ2) is 52.0. The quantitative estimate of drug-likeness (QED) is 0.0195. The van der Waals surface area contributed by atoms with E-state index in [0.717, 1.165) is 109 Å². The Morgan fingerprint density at radius 2 is 0.792 bits per heavy atom. The summed E-state index contributed by atoms with van der Waals surface area (Å²) in [5.41, 5.74) is 0. The van der Waals surface area contributed by atoms with Crippen LogP contribution in [0.5, 0.6) is 0 Å². The number of carbonyl (C=O) groups is 2. The van der Waals surface area contributed by atoms with Crippen LogP contribution < -0.4 is 4.89 Å². The molecule has 0 aromatic heterocycles. The zero-order valence-electron chi connectivity index (χ0n) is 46.1. The van der Waals surface area contributed by atoms with E-state index in [4.69, 9.17) is 18.5 Å². The zero-order valence-corrected chi connectivity index (χ0v) is 47.0. The maximum Gasteiger partial charge on any atom is 0.306 e. The molecule has 0 radical (unpaired) electrons. The van der Waals surface area contributed by atoms with Gasteiger partial charge in [-0.25, -0.2) is 0 Å². The van der Waals surface area contributed by atoms with Crippen molar-refractivity contribution in [2.24, 2.45) is 0 Å². The van der Waals surface area contributed by atoms with Crippen molar-refractivity contribution in [3.63, 3.8) is 0 Å². The van der Waals surface area contributed by atoms with E-state index >= 15 is 0 Å². The summed E-state index contributed by atoms with van der Waals surface area (Å²) >= 11 is 0. The Labute approximate surface area is 441 Å². The predicted molar refractivity (Wildman–Crippen MR) is 304 cm³/mol. The van der Waals surface area contributed by atoms with Gasteiger partial charge in [0.05, 0.1) is 27.7 Å². The molecule has 9 nitrogen and oxygen atoms in total. The Balaban J connectivity index is 4.22. The molecule has 0 aromatic carbocycles. The van der Waals surface area contributed by atoms with Crippen LogP contribution in [0.4, 0.5) is 0 Å². The Morgan fingerprint density at radius 1 is 0.444 bits per heavy atom. The Morgan fingerprint density at radius 3 is 1.18 bits per heavy atom. The molecule has 0 aromatic rings. The number of esters is 2. The van der Waals surface area contributed by atoms with Crippen LogP contribution in [0.2, 0.25) is 0 Å². The van der Waals surface area contributed by atoms with Crippen molar-refractivity contribution >= 4 is 19.8 Å². The number of rotatable bonds is 49. The number of hydrogen-bond acceptors (Lipinski definition) is 8. The molecule has 0 aliphatic carbocycles. The topological polar surface area (TPSA) is 111 Å². The molecule has 2 unspecified atom stereocenters. The molecule has 0 aliphatic heterocycles. The Bertz CT molecular complexity index is 1670. The van der Waals surface area contributed by atoms with Gasteiger partial charge in [-0.1, -0.05) is 218 Å². The summed E-state index contributed by atoms with van der Waals surface area (Å²) in [6.45, 7) is 4.04. The van der Waals surface area contributed by atoms with Crippen LogP contribution in [0.1, 0.15) is 194 Å². The van der Waals surface area contributed by atoms with Crippen molar-refractivity contribution in [3.05, 3.63) is 134 Å². The van der Waals surface area contributed by atoms with E-state index in [1.54, 1.807) is 0 Å². The fraction of sp³-hybridized carbons (Fsp3) is 0.613. The van der Waals surface area contributed by atoms with E-state index in [0.29, 0.717) is 17.4 Å². The van der Waals surface area contributed by atoms with Crippen LogP contribution in [0, 0.1) is 0 Å². The van der Waals surface area contributed by atoms with Crippen LogP contribution in [0.15, 0.2) is 134 Å². The van der Waals surface area contributed by atoms with Gasteiger partial charge in [0.1, 0.15) is 19.8 Å².